The molecule has 5 aliphatic carbocycles. The van der Waals surface area contributed by atoms with E-state index < -0.39 is 0 Å². The van der Waals surface area contributed by atoms with Crippen LogP contribution in [0.2, 0.25) is 0 Å². The minimum absolute atomic E-state index is 0.0229. The van der Waals surface area contributed by atoms with Gasteiger partial charge in [-0.15, -0.1) is 0 Å². The first-order chi connectivity index (χ1) is 15.0. The number of hydrogen-bond donors (Lipinski definition) is 0. The molecule has 0 bridgehead atoms. The smallest absolute Gasteiger partial charge is 0.302 e. The number of fused-ring (bicyclic) bond motifs is 7. The first-order valence-corrected chi connectivity index (χ1v) is 13.7. The summed E-state index contributed by atoms with van der Waals surface area (Å²) in [6.07, 6.45) is 12.9. The molecule has 32 heavy (non-hydrogen) atoms. The zero-order valence-electron chi connectivity index (χ0n) is 20.8. The molecule has 180 valence electrons. The third-order valence-corrected chi connectivity index (χ3v) is 12.5. The Hall–Kier alpha value is -0.570. The van der Waals surface area contributed by atoms with Gasteiger partial charge < -0.3 is 4.74 Å². The highest BCUT2D eigenvalue weighted by molar-refractivity contribution is 6.64. The van der Waals surface area contributed by atoms with E-state index in [1.165, 1.54) is 51.4 Å². The van der Waals surface area contributed by atoms with Crippen molar-refractivity contribution in [2.24, 2.45) is 51.2 Å². The highest BCUT2D eigenvalue weighted by Gasteiger charge is 2.67. The monoisotopic (exact) mass is 462 g/mol. The number of hydrogen-bond acceptors (Lipinski definition) is 3. The van der Waals surface area contributed by atoms with Crippen molar-refractivity contribution in [1.29, 1.82) is 0 Å². The van der Waals surface area contributed by atoms with Gasteiger partial charge in [-0.05, 0) is 116 Å². The fourth-order valence-electron chi connectivity index (χ4n) is 10.9. The van der Waals surface area contributed by atoms with Gasteiger partial charge in [0.25, 0.3) is 0 Å². The number of carbonyl (C=O) groups excluding carboxylic acids is 2. The molecule has 5 rings (SSSR count). The Morgan fingerprint density at radius 3 is 2.19 bits per heavy atom. The Morgan fingerprint density at radius 1 is 0.781 bits per heavy atom. The Bertz CT molecular complexity index is 806. The predicted octanol–water partition coefficient (Wildman–Crippen LogP) is 7.15. The minimum Gasteiger partial charge on any atom is -0.462 e. The molecule has 9 unspecified atom stereocenters. The SMILES string of the molecule is CC(=O)OC1CCC2(C)C(CCC3(C)C4CCC5(C(=O)Cl)CCCC5C4CCC32)C1(C)C. The standard InChI is InChI=1S/C28H43ClO3/c1-17(30)32-23-12-15-27(5)21(25(23,2)3)11-14-26(4)19-10-16-28(24(29)31)13-6-7-20(28)18(19)8-9-22(26)27/h18-23H,6-16H2,1-5H3. The van der Waals surface area contributed by atoms with Crippen molar-refractivity contribution < 1.29 is 14.3 Å². The Labute approximate surface area is 199 Å². The second-order valence-corrected chi connectivity index (χ2v) is 13.8. The maximum absolute atomic E-state index is 12.6. The average Bonchev–Trinajstić information content (AvgIpc) is 3.15. The lowest BCUT2D eigenvalue weighted by atomic mass is 9.36. The molecule has 0 N–H and O–H groups in total. The number of carbonyl (C=O) groups is 2. The summed E-state index contributed by atoms with van der Waals surface area (Å²) in [6.45, 7) is 11.5. The van der Waals surface area contributed by atoms with Crippen LogP contribution in [-0.2, 0) is 14.3 Å². The molecular weight excluding hydrogens is 420 g/mol. The highest BCUT2D eigenvalue weighted by atomic mass is 35.5. The third kappa shape index (κ3) is 2.97. The van der Waals surface area contributed by atoms with E-state index in [9.17, 15) is 9.59 Å². The maximum atomic E-state index is 12.6. The van der Waals surface area contributed by atoms with E-state index in [2.05, 4.69) is 27.7 Å². The van der Waals surface area contributed by atoms with E-state index in [0.717, 1.165) is 31.1 Å². The predicted molar refractivity (Wildman–Crippen MR) is 127 cm³/mol. The molecule has 0 radical (unpaired) electrons. The molecule has 9 atom stereocenters. The Balaban J connectivity index is 1.44. The molecule has 0 heterocycles. The van der Waals surface area contributed by atoms with Crippen LogP contribution in [0.4, 0.5) is 0 Å². The van der Waals surface area contributed by atoms with Crippen LogP contribution in [-0.4, -0.2) is 17.3 Å². The lowest BCUT2D eigenvalue weighted by Gasteiger charge is -2.69. The van der Waals surface area contributed by atoms with Crippen LogP contribution in [0.15, 0.2) is 0 Å². The van der Waals surface area contributed by atoms with Gasteiger partial charge in [-0.2, -0.15) is 0 Å². The second-order valence-electron chi connectivity index (χ2n) is 13.4. The van der Waals surface area contributed by atoms with Gasteiger partial charge in [-0.1, -0.05) is 34.1 Å². The largest absolute Gasteiger partial charge is 0.462 e. The fraction of sp³-hybridized carbons (Fsp3) is 0.929. The van der Waals surface area contributed by atoms with Crippen molar-refractivity contribution in [1.82, 2.24) is 0 Å². The van der Waals surface area contributed by atoms with Crippen molar-refractivity contribution in [3.63, 3.8) is 0 Å². The molecule has 0 aromatic carbocycles. The molecule has 3 nitrogen and oxygen atoms in total. The van der Waals surface area contributed by atoms with Gasteiger partial charge in [0.1, 0.15) is 6.10 Å². The van der Waals surface area contributed by atoms with Gasteiger partial charge >= 0.3 is 5.97 Å². The van der Waals surface area contributed by atoms with Gasteiger partial charge in [-0.3, -0.25) is 9.59 Å². The number of halogens is 1. The molecule has 5 fully saturated rings. The van der Waals surface area contributed by atoms with Gasteiger partial charge in [0.2, 0.25) is 5.24 Å². The molecule has 5 saturated carbocycles. The summed E-state index contributed by atoms with van der Waals surface area (Å²) < 4.78 is 5.85. The molecular formula is C28H43ClO3. The summed E-state index contributed by atoms with van der Waals surface area (Å²) in [5.41, 5.74) is 0.486. The molecule has 0 aromatic rings. The van der Waals surface area contributed by atoms with Gasteiger partial charge in [-0.25, -0.2) is 0 Å². The van der Waals surface area contributed by atoms with Crippen LogP contribution in [0, 0.1) is 51.2 Å². The second kappa shape index (κ2) is 7.46. The topological polar surface area (TPSA) is 43.4 Å². The Kier molecular flexibility index (Phi) is 5.41. The van der Waals surface area contributed by atoms with Crippen LogP contribution >= 0.6 is 11.6 Å². The highest BCUT2D eigenvalue weighted by Crippen LogP contribution is 2.73. The molecule has 5 aliphatic rings. The minimum atomic E-state index is -0.211. The zero-order valence-corrected chi connectivity index (χ0v) is 21.6. The first-order valence-electron chi connectivity index (χ1n) is 13.3. The van der Waals surface area contributed by atoms with E-state index in [0.29, 0.717) is 28.6 Å². The molecule has 0 aromatic heterocycles. The molecule has 0 aliphatic heterocycles. The van der Waals surface area contributed by atoms with E-state index >= 15 is 0 Å². The van der Waals surface area contributed by atoms with Crippen molar-refractivity contribution >= 4 is 22.8 Å². The zero-order chi connectivity index (χ0) is 23.1. The lowest BCUT2D eigenvalue weighted by molar-refractivity contribution is -0.220. The normalized spacial score (nSPS) is 51.6. The fourth-order valence-corrected chi connectivity index (χ4v) is 11.3. The number of esters is 1. The van der Waals surface area contributed by atoms with Crippen LogP contribution in [0.3, 0.4) is 0 Å². The first kappa shape index (κ1) is 23.2. The summed E-state index contributed by atoms with van der Waals surface area (Å²) >= 11 is 6.27. The van der Waals surface area contributed by atoms with E-state index in [4.69, 9.17) is 16.3 Å². The van der Waals surface area contributed by atoms with E-state index in [1.54, 1.807) is 6.92 Å². The van der Waals surface area contributed by atoms with E-state index in [1.807, 2.05) is 0 Å². The van der Waals surface area contributed by atoms with Crippen molar-refractivity contribution in [3.8, 4) is 0 Å². The lowest BCUT2D eigenvalue weighted by Crippen LogP contribution is -2.63. The summed E-state index contributed by atoms with van der Waals surface area (Å²) in [5, 5.41) is -0.0352. The summed E-state index contributed by atoms with van der Waals surface area (Å²) in [4.78, 5) is 24.4. The number of ether oxygens (including phenoxy) is 1. The Morgan fingerprint density at radius 2 is 1.50 bits per heavy atom. The van der Waals surface area contributed by atoms with Crippen LogP contribution in [0.5, 0.6) is 0 Å². The summed E-state index contributed by atoms with van der Waals surface area (Å²) in [7, 11) is 0. The van der Waals surface area contributed by atoms with Gasteiger partial charge in [0, 0.05) is 17.8 Å². The maximum Gasteiger partial charge on any atom is 0.302 e. The summed E-state index contributed by atoms with van der Waals surface area (Å²) in [6, 6.07) is 0. The molecule has 0 spiro atoms. The molecule has 0 amide bonds. The van der Waals surface area contributed by atoms with Crippen LogP contribution in [0.25, 0.3) is 0 Å². The van der Waals surface area contributed by atoms with E-state index in [-0.39, 0.29) is 28.1 Å². The molecule has 4 heteroatoms. The van der Waals surface area contributed by atoms with Crippen molar-refractivity contribution in [3.05, 3.63) is 0 Å². The van der Waals surface area contributed by atoms with Gasteiger partial charge in [0.15, 0.2) is 0 Å². The third-order valence-electron chi connectivity index (χ3n) is 12.2. The average molecular weight is 463 g/mol. The van der Waals surface area contributed by atoms with Crippen LogP contribution < -0.4 is 0 Å². The summed E-state index contributed by atoms with van der Waals surface area (Å²) in [5.74, 6) is 3.13. The van der Waals surface area contributed by atoms with Gasteiger partial charge in [0.05, 0.1) is 0 Å². The van der Waals surface area contributed by atoms with Crippen molar-refractivity contribution in [2.45, 2.75) is 111 Å². The van der Waals surface area contributed by atoms with Crippen LogP contribution in [0.1, 0.15) is 105 Å². The number of rotatable bonds is 2. The quantitative estimate of drug-likeness (QED) is 0.323. The van der Waals surface area contributed by atoms with Crippen molar-refractivity contribution in [2.75, 3.05) is 0 Å². The molecule has 0 saturated heterocycles.